The van der Waals surface area contributed by atoms with E-state index in [-0.39, 0.29) is 58.3 Å². The molecule has 44 heavy (non-hydrogen) atoms. The van der Waals surface area contributed by atoms with Gasteiger partial charge in [0.15, 0.2) is 0 Å². The maximum atomic E-state index is 13.4. The van der Waals surface area contributed by atoms with Gasteiger partial charge in [0.05, 0.1) is 37.8 Å². The fourth-order valence-corrected chi connectivity index (χ4v) is 8.83. The Hall–Kier alpha value is -1.40. The minimum atomic E-state index is -1.03. The second-order valence-corrected chi connectivity index (χ2v) is 13.9. The zero-order valence-corrected chi connectivity index (χ0v) is 30.8. The molecule has 0 radical (unpaired) electrons. The van der Waals surface area contributed by atoms with E-state index < -0.39 is 29.8 Å². The van der Waals surface area contributed by atoms with Gasteiger partial charge in [0.1, 0.15) is 0 Å². The minimum Gasteiger partial charge on any atom is -0.481 e. The lowest BCUT2D eigenvalue weighted by molar-refractivity contribution is -0.142. The average Bonchev–Trinajstić information content (AvgIpc) is 2.91. The van der Waals surface area contributed by atoms with E-state index >= 15 is 0 Å². The van der Waals surface area contributed by atoms with E-state index in [1.807, 2.05) is 17.9 Å². The molecule has 0 saturated carbocycles. The molecule has 0 aliphatic carbocycles. The van der Waals surface area contributed by atoms with Crippen molar-refractivity contribution in [2.24, 2.45) is 5.92 Å². The van der Waals surface area contributed by atoms with E-state index in [0.29, 0.717) is 44.7 Å². The van der Waals surface area contributed by atoms with Crippen molar-refractivity contribution in [3.63, 3.8) is 0 Å². The van der Waals surface area contributed by atoms with Crippen LogP contribution in [0.2, 0.25) is 0 Å². The number of hydrogen-bond donors (Lipinski definition) is 5. The molecular weight excluding hydrogens is 919 g/mol. The third-order valence-electron chi connectivity index (χ3n) is 7.20. The van der Waals surface area contributed by atoms with Crippen LogP contribution < -0.4 is 5.32 Å². The molecule has 1 saturated heterocycles. The summed E-state index contributed by atoms with van der Waals surface area (Å²) in [6.07, 6.45) is 0.802. The minimum absolute atomic E-state index is 0.0346. The van der Waals surface area contributed by atoms with Gasteiger partial charge in [0.25, 0.3) is 0 Å². The largest absolute Gasteiger partial charge is 0.481 e. The molecule has 14 nitrogen and oxygen atoms in total. The van der Waals surface area contributed by atoms with Crippen molar-refractivity contribution in [2.45, 2.75) is 19.8 Å². The molecule has 1 aliphatic rings. The lowest BCUT2D eigenvalue weighted by Gasteiger charge is -2.32. The van der Waals surface area contributed by atoms with Gasteiger partial charge in [-0.2, -0.15) is 0 Å². The van der Waals surface area contributed by atoms with Crippen LogP contribution in [0.1, 0.15) is 18.9 Å². The molecule has 1 heterocycles. The van der Waals surface area contributed by atoms with Crippen molar-refractivity contribution in [2.75, 3.05) is 83.9 Å². The van der Waals surface area contributed by atoms with E-state index in [1.165, 1.54) is 0 Å². The van der Waals surface area contributed by atoms with Crippen LogP contribution in [0.15, 0.2) is 6.07 Å². The first kappa shape index (κ1) is 38.8. The lowest BCUT2D eigenvalue weighted by atomic mass is 9.97. The Morgan fingerprint density at radius 2 is 1.09 bits per heavy atom. The van der Waals surface area contributed by atoms with E-state index in [9.17, 15) is 44.4 Å². The number of anilines is 1. The number of nitrogens with zero attached hydrogens (tertiary/aromatic N) is 4. The van der Waals surface area contributed by atoms with Crippen molar-refractivity contribution in [1.82, 2.24) is 19.6 Å². The molecule has 1 fully saturated rings. The summed E-state index contributed by atoms with van der Waals surface area (Å²) in [6.45, 7) is 3.44. The SMILES string of the molecule is CCC(Cc1c(I)cc(I)c(NC(=O)CN2CCN(CC(=O)O)CCN(CC(=O)O)CCN(CC(=O)O)CC2)c1I)C(=O)O. The van der Waals surface area contributed by atoms with Crippen LogP contribution in [-0.4, -0.2) is 148 Å². The van der Waals surface area contributed by atoms with Crippen LogP contribution in [0.5, 0.6) is 0 Å². The summed E-state index contributed by atoms with van der Waals surface area (Å²) in [5.41, 5.74) is 1.45. The standard InChI is InChI=1S/C27H38I3N5O9/c1-2-17(27(43)44)11-18-19(28)12-20(29)26(25(18)30)31-21(36)13-32-3-5-33(14-22(37)38)7-9-35(16-24(41)42)10-8-34(6-4-32)15-23(39)40/h12,17H,2-11,13-16H2,1H3,(H,31,36)(H,37,38)(H,39,40)(H,41,42)(H,43,44). The topological polar surface area (TPSA) is 191 Å². The number of aliphatic carboxylic acids is 4. The van der Waals surface area contributed by atoms with Crippen LogP contribution in [0.25, 0.3) is 0 Å². The fraction of sp³-hybridized carbons (Fsp3) is 0.593. The van der Waals surface area contributed by atoms with Gasteiger partial charge in [-0.25, -0.2) is 0 Å². The molecule has 1 atom stereocenters. The van der Waals surface area contributed by atoms with Crippen molar-refractivity contribution in [1.29, 1.82) is 0 Å². The predicted molar refractivity (Wildman–Crippen MR) is 187 cm³/mol. The molecule has 0 bridgehead atoms. The van der Waals surface area contributed by atoms with Crippen molar-refractivity contribution in [3.8, 4) is 0 Å². The Bertz CT molecular complexity index is 1170. The van der Waals surface area contributed by atoms with E-state index in [1.54, 1.807) is 14.7 Å². The van der Waals surface area contributed by atoms with Crippen molar-refractivity contribution >= 4 is 103 Å². The van der Waals surface area contributed by atoms with Gasteiger partial charge >= 0.3 is 23.9 Å². The number of carbonyl (C=O) groups is 5. The number of hydrogen-bond acceptors (Lipinski definition) is 9. The summed E-state index contributed by atoms with van der Waals surface area (Å²) in [7, 11) is 0. The first-order valence-electron chi connectivity index (χ1n) is 13.9. The molecule has 1 aromatic rings. The van der Waals surface area contributed by atoms with Crippen LogP contribution >= 0.6 is 67.8 Å². The summed E-state index contributed by atoms with van der Waals surface area (Å²) in [5.74, 6) is -4.81. The zero-order chi connectivity index (χ0) is 33.0. The van der Waals surface area contributed by atoms with Crippen LogP contribution in [0.4, 0.5) is 5.69 Å². The Morgan fingerprint density at radius 3 is 1.43 bits per heavy atom. The molecule has 1 unspecified atom stereocenters. The summed E-state index contributed by atoms with van der Waals surface area (Å²) in [5, 5.41) is 40.7. The summed E-state index contributed by atoms with van der Waals surface area (Å²) in [6, 6.07) is 1.90. The van der Waals surface area contributed by atoms with Gasteiger partial charge in [-0.1, -0.05) is 6.92 Å². The number of rotatable bonds is 13. The van der Waals surface area contributed by atoms with Gasteiger partial charge < -0.3 is 25.7 Å². The molecule has 246 valence electrons. The van der Waals surface area contributed by atoms with Gasteiger partial charge in [0.2, 0.25) is 5.91 Å². The fourth-order valence-electron chi connectivity index (χ4n) is 4.75. The number of carboxylic acid groups (broad SMARTS) is 4. The van der Waals surface area contributed by atoms with Crippen LogP contribution in [-0.2, 0) is 30.4 Å². The summed E-state index contributed by atoms with van der Waals surface area (Å²) < 4.78 is 2.49. The number of benzene rings is 1. The van der Waals surface area contributed by atoms with Crippen LogP contribution in [0, 0.1) is 16.6 Å². The molecule has 1 aromatic carbocycles. The van der Waals surface area contributed by atoms with Crippen LogP contribution in [0.3, 0.4) is 0 Å². The number of halogens is 3. The van der Waals surface area contributed by atoms with E-state index in [2.05, 4.69) is 73.1 Å². The number of amides is 1. The van der Waals surface area contributed by atoms with Crippen molar-refractivity contribution in [3.05, 3.63) is 22.3 Å². The normalized spacial score (nSPS) is 17.3. The Kier molecular flexibility index (Phi) is 17.0. The molecular formula is C27H38I3N5O9. The summed E-state index contributed by atoms with van der Waals surface area (Å²) >= 11 is 6.45. The molecule has 0 spiro atoms. The quantitative estimate of drug-likeness (QED) is 0.180. The highest BCUT2D eigenvalue weighted by atomic mass is 127. The average molecular weight is 957 g/mol. The predicted octanol–water partition coefficient (Wildman–Crippen LogP) is 1.57. The second kappa shape index (κ2) is 19.3. The lowest BCUT2D eigenvalue weighted by Crippen LogP contribution is -2.49. The van der Waals surface area contributed by atoms with E-state index in [0.717, 1.165) is 16.3 Å². The molecule has 0 aromatic heterocycles. The molecule has 5 N–H and O–H groups in total. The van der Waals surface area contributed by atoms with Gasteiger partial charge in [-0.15, -0.1) is 0 Å². The molecule has 17 heteroatoms. The van der Waals surface area contributed by atoms with Crippen molar-refractivity contribution < 1.29 is 44.4 Å². The van der Waals surface area contributed by atoms with Gasteiger partial charge in [-0.05, 0) is 92.2 Å². The number of carbonyl (C=O) groups excluding carboxylic acids is 1. The van der Waals surface area contributed by atoms with Gasteiger partial charge in [-0.3, -0.25) is 43.6 Å². The Balaban J connectivity index is 2.26. The number of nitrogens with one attached hydrogen (secondary N) is 1. The Labute approximate surface area is 296 Å². The highest BCUT2D eigenvalue weighted by molar-refractivity contribution is 14.1. The summed E-state index contributed by atoms with van der Waals surface area (Å²) in [4.78, 5) is 66.4. The highest BCUT2D eigenvalue weighted by Gasteiger charge is 2.24. The van der Waals surface area contributed by atoms with Gasteiger partial charge in [0, 0.05) is 63.1 Å². The zero-order valence-electron chi connectivity index (χ0n) is 24.3. The smallest absolute Gasteiger partial charge is 0.317 e. The third kappa shape index (κ3) is 13.5. The second-order valence-electron chi connectivity index (χ2n) is 10.5. The monoisotopic (exact) mass is 957 g/mol. The molecule has 1 amide bonds. The van der Waals surface area contributed by atoms with E-state index in [4.69, 9.17) is 0 Å². The molecule has 1 aliphatic heterocycles. The molecule has 2 rings (SSSR count). The third-order valence-corrected chi connectivity index (χ3v) is 10.2. The highest BCUT2D eigenvalue weighted by Crippen LogP contribution is 2.33. The Morgan fingerprint density at radius 1 is 0.705 bits per heavy atom. The first-order valence-corrected chi connectivity index (χ1v) is 17.2. The maximum Gasteiger partial charge on any atom is 0.317 e. The maximum absolute atomic E-state index is 13.4. The number of carboxylic acids is 4. The first-order chi connectivity index (χ1) is 20.7.